The van der Waals surface area contributed by atoms with Crippen molar-refractivity contribution in [2.24, 2.45) is 0 Å². The van der Waals surface area contributed by atoms with Crippen molar-refractivity contribution in [3.8, 4) is 5.75 Å². The first-order valence-electron chi connectivity index (χ1n) is 11.3. The number of rotatable bonds is 10. The van der Waals surface area contributed by atoms with E-state index in [0.29, 0.717) is 23.6 Å². The van der Waals surface area contributed by atoms with Crippen molar-refractivity contribution in [1.82, 2.24) is 9.71 Å². The molecule has 4 rings (SSSR count). The highest BCUT2D eigenvalue weighted by molar-refractivity contribution is 8.00. The van der Waals surface area contributed by atoms with Crippen molar-refractivity contribution in [3.05, 3.63) is 78.3 Å². The van der Waals surface area contributed by atoms with Gasteiger partial charge in [0.2, 0.25) is 15.9 Å². The van der Waals surface area contributed by atoms with E-state index >= 15 is 0 Å². The number of hydrogen-bond donors (Lipinski definition) is 2. The molecule has 2 aromatic carbocycles. The Morgan fingerprint density at radius 3 is 2.58 bits per heavy atom. The topological polar surface area (TPSA) is 111 Å². The van der Waals surface area contributed by atoms with Crippen LogP contribution in [-0.2, 0) is 21.4 Å². The summed E-state index contributed by atoms with van der Waals surface area (Å²) >= 11 is 1.38. The molecule has 0 saturated carbocycles. The van der Waals surface area contributed by atoms with Crippen molar-refractivity contribution in [2.45, 2.75) is 42.0 Å². The lowest BCUT2D eigenvalue weighted by Gasteiger charge is -2.16. The van der Waals surface area contributed by atoms with Crippen molar-refractivity contribution in [3.63, 3.8) is 0 Å². The van der Waals surface area contributed by atoms with Crippen LogP contribution in [0.5, 0.6) is 5.75 Å². The summed E-state index contributed by atoms with van der Waals surface area (Å²) in [4.78, 5) is 17.8. The van der Waals surface area contributed by atoms with Gasteiger partial charge in [-0.15, -0.1) is 0 Å². The van der Waals surface area contributed by atoms with Gasteiger partial charge in [0.1, 0.15) is 17.0 Å². The molecule has 1 unspecified atom stereocenters. The minimum Gasteiger partial charge on any atom is -0.494 e. The molecule has 0 aliphatic rings. The third kappa shape index (κ3) is 5.89. The highest BCUT2D eigenvalue weighted by Gasteiger charge is 2.21. The van der Waals surface area contributed by atoms with E-state index < -0.39 is 10.0 Å². The SMILES string of the molecule is CCC(Sc1cc(C)c2cccc(OC)c2n1)C(=O)Nc1ccc(S(=O)(=O)NCc2ccco2)cc1. The number of aromatic nitrogens is 1. The molecule has 0 saturated heterocycles. The molecule has 36 heavy (non-hydrogen) atoms. The summed E-state index contributed by atoms with van der Waals surface area (Å²) < 4.78 is 38.2. The third-order valence-corrected chi connectivity index (χ3v) is 8.28. The van der Waals surface area contributed by atoms with Crippen molar-refractivity contribution >= 4 is 44.3 Å². The molecule has 0 spiro atoms. The number of furan rings is 1. The molecule has 0 radical (unpaired) electrons. The lowest BCUT2D eigenvalue weighted by Crippen LogP contribution is -2.25. The smallest absolute Gasteiger partial charge is 0.240 e. The largest absolute Gasteiger partial charge is 0.494 e. The quantitative estimate of drug-likeness (QED) is 0.276. The zero-order valence-corrected chi connectivity index (χ0v) is 21.8. The summed E-state index contributed by atoms with van der Waals surface area (Å²) in [5, 5.41) is 4.23. The highest BCUT2D eigenvalue weighted by Crippen LogP contribution is 2.32. The minimum absolute atomic E-state index is 0.0530. The number of pyridine rings is 1. The second-order valence-electron chi connectivity index (χ2n) is 8.07. The maximum absolute atomic E-state index is 13.0. The lowest BCUT2D eigenvalue weighted by molar-refractivity contribution is -0.115. The van der Waals surface area contributed by atoms with Gasteiger partial charge < -0.3 is 14.5 Å². The van der Waals surface area contributed by atoms with E-state index in [9.17, 15) is 13.2 Å². The third-order valence-electron chi connectivity index (χ3n) is 5.58. The summed E-state index contributed by atoms with van der Waals surface area (Å²) in [6, 6.07) is 17.2. The molecule has 2 N–H and O–H groups in total. The van der Waals surface area contributed by atoms with E-state index in [1.54, 1.807) is 31.4 Å². The van der Waals surface area contributed by atoms with Crippen molar-refractivity contribution in [2.75, 3.05) is 12.4 Å². The first-order valence-corrected chi connectivity index (χ1v) is 13.7. The molecule has 2 aromatic heterocycles. The summed E-state index contributed by atoms with van der Waals surface area (Å²) in [5.41, 5.74) is 2.32. The van der Waals surface area contributed by atoms with Crippen LogP contribution in [0.25, 0.3) is 10.9 Å². The monoisotopic (exact) mass is 525 g/mol. The number of carbonyl (C=O) groups is 1. The summed E-state index contributed by atoms with van der Waals surface area (Å²) in [5.74, 6) is 1.01. The van der Waals surface area contributed by atoms with Gasteiger partial charge in [-0.05, 0) is 67.4 Å². The number of para-hydroxylation sites is 1. The van der Waals surface area contributed by atoms with Gasteiger partial charge in [-0.25, -0.2) is 18.1 Å². The van der Waals surface area contributed by atoms with Crippen LogP contribution in [0.2, 0.25) is 0 Å². The number of amides is 1. The molecule has 10 heteroatoms. The number of carbonyl (C=O) groups excluding carboxylic acids is 1. The van der Waals surface area contributed by atoms with Crippen LogP contribution in [0.4, 0.5) is 5.69 Å². The van der Waals surface area contributed by atoms with E-state index in [-0.39, 0.29) is 22.6 Å². The Morgan fingerprint density at radius 2 is 1.92 bits per heavy atom. The van der Waals surface area contributed by atoms with Gasteiger partial charge in [-0.1, -0.05) is 30.8 Å². The molecule has 0 aliphatic heterocycles. The van der Waals surface area contributed by atoms with E-state index in [4.69, 9.17) is 14.1 Å². The predicted molar refractivity (Wildman–Crippen MR) is 141 cm³/mol. The van der Waals surface area contributed by atoms with Gasteiger partial charge >= 0.3 is 0 Å². The second kappa shape index (κ2) is 11.2. The molecular weight excluding hydrogens is 498 g/mol. The van der Waals surface area contributed by atoms with Crippen LogP contribution >= 0.6 is 11.8 Å². The Balaban J connectivity index is 1.44. The number of hydrogen-bond acceptors (Lipinski definition) is 7. The fraction of sp³-hybridized carbons (Fsp3) is 0.231. The van der Waals surface area contributed by atoms with Crippen LogP contribution in [0.3, 0.4) is 0 Å². The van der Waals surface area contributed by atoms with Crippen LogP contribution in [0.1, 0.15) is 24.7 Å². The fourth-order valence-corrected chi connectivity index (χ4v) is 5.66. The van der Waals surface area contributed by atoms with Crippen LogP contribution in [0.15, 0.2) is 81.3 Å². The zero-order chi connectivity index (χ0) is 25.7. The molecule has 1 amide bonds. The lowest BCUT2D eigenvalue weighted by atomic mass is 10.1. The molecule has 0 aliphatic carbocycles. The van der Waals surface area contributed by atoms with Crippen molar-refractivity contribution in [1.29, 1.82) is 0 Å². The Bertz CT molecular complexity index is 1450. The van der Waals surface area contributed by atoms with Crippen LogP contribution in [0, 0.1) is 6.92 Å². The van der Waals surface area contributed by atoms with E-state index in [2.05, 4.69) is 10.0 Å². The maximum Gasteiger partial charge on any atom is 0.240 e. The average molecular weight is 526 g/mol. The second-order valence-corrected chi connectivity index (χ2v) is 11.1. The van der Waals surface area contributed by atoms with Crippen LogP contribution < -0.4 is 14.8 Å². The number of methoxy groups -OCH3 is 1. The maximum atomic E-state index is 13.0. The molecule has 1 atom stereocenters. The number of ether oxygens (including phenoxy) is 1. The number of aryl methyl sites for hydroxylation is 1. The molecular formula is C26H27N3O5S2. The average Bonchev–Trinajstić information content (AvgIpc) is 3.40. The Kier molecular flexibility index (Phi) is 7.97. The standard InChI is InChI=1S/C26H27N3O5S2/c1-4-23(35-24-15-17(2)21-8-5-9-22(33-3)25(21)29-24)26(30)28-18-10-12-20(13-11-18)36(31,32)27-16-19-7-6-14-34-19/h5-15,23,27H,4,16H2,1-3H3,(H,28,30). The normalized spacial score (nSPS) is 12.4. The first-order chi connectivity index (χ1) is 17.3. The van der Waals surface area contributed by atoms with Crippen LogP contribution in [-0.4, -0.2) is 31.7 Å². The fourth-order valence-electron chi connectivity index (χ4n) is 3.66. The molecule has 0 fully saturated rings. The van der Waals surface area contributed by atoms with Gasteiger partial charge in [-0.2, -0.15) is 0 Å². The summed E-state index contributed by atoms with van der Waals surface area (Å²) in [6.45, 7) is 4.00. The number of benzene rings is 2. The molecule has 2 heterocycles. The number of anilines is 1. The Hall–Kier alpha value is -3.34. The zero-order valence-electron chi connectivity index (χ0n) is 20.1. The Morgan fingerprint density at radius 1 is 1.14 bits per heavy atom. The Labute approximate surface area is 214 Å². The number of nitrogens with zero attached hydrogens (tertiary/aromatic N) is 1. The van der Waals surface area contributed by atoms with E-state index in [1.165, 1.54) is 30.2 Å². The molecule has 0 bridgehead atoms. The number of fused-ring (bicyclic) bond motifs is 1. The van der Waals surface area contributed by atoms with Gasteiger partial charge in [0.25, 0.3) is 0 Å². The predicted octanol–water partition coefficient (Wildman–Crippen LogP) is 5.13. The highest BCUT2D eigenvalue weighted by atomic mass is 32.2. The summed E-state index contributed by atoms with van der Waals surface area (Å²) in [6.07, 6.45) is 2.07. The molecule has 4 aromatic rings. The molecule has 8 nitrogen and oxygen atoms in total. The van der Waals surface area contributed by atoms with E-state index in [0.717, 1.165) is 21.5 Å². The van der Waals surface area contributed by atoms with Gasteiger partial charge in [0, 0.05) is 11.1 Å². The number of sulfonamides is 1. The number of thioether (sulfide) groups is 1. The van der Waals surface area contributed by atoms with Crippen molar-refractivity contribution < 1.29 is 22.4 Å². The van der Waals surface area contributed by atoms with E-state index in [1.807, 2.05) is 38.1 Å². The van der Waals surface area contributed by atoms with Gasteiger partial charge in [0.05, 0.1) is 35.1 Å². The van der Waals surface area contributed by atoms with Gasteiger partial charge in [-0.3, -0.25) is 4.79 Å². The molecule has 188 valence electrons. The first kappa shape index (κ1) is 25.7. The minimum atomic E-state index is -3.72. The summed E-state index contributed by atoms with van der Waals surface area (Å²) in [7, 11) is -2.11. The number of nitrogens with one attached hydrogen (secondary N) is 2. The van der Waals surface area contributed by atoms with Gasteiger partial charge in [0.15, 0.2) is 0 Å².